The number of piperazine rings is 1. The normalized spacial score (nSPS) is 23.8. The minimum absolute atomic E-state index is 0. The van der Waals surface area contributed by atoms with Crippen LogP contribution in [-0.2, 0) is 42.4 Å². The molecular formula is C53H77N12O7W-. The summed E-state index contributed by atoms with van der Waals surface area (Å²) in [5, 5.41) is 24.5. The van der Waals surface area contributed by atoms with Crippen molar-refractivity contribution in [2.45, 2.75) is 127 Å². The zero-order chi connectivity index (χ0) is 50.6. The fourth-order valence-corrected chi connectivity index (χ4v) is 11.9. The smallest absolute Gasteiger partial charge is 0.343 e. The molecule has 0 bridgehead atoms. The van der Waals surface area contributed by atoms with Crippen molar-refractivity contribution in [3.8, 4) is 0 Å². The third kappa shape index (κ3) is 14.6. The molecule has 1 unspecified atom stereocenters. The number of aromatic nitrogens is 4. The summed E-state index contributed by atoms with van der Waals surface area (Å²) in [7, 11) is 2.85. The molecule has 7 aliphatic rings. The number of rotatable bonds is 13. The molecule has 20 heteroatoms. The molecule has 4 saturated heterocycles. The molecule has 19 nitrogen and oxygen atoms in total. The monoisotopic (exact) mass is 1180 g/mol. The van der Waals surface area contributed by atoms with Crippen molar-refractivity contribution in [2.24, 2.45) is 18.9 Å². The number of amides is 4. The summed E-state index contributed by atoms with van der Waals surface area (Å²) in [5.74, 6) is 0.835. The van der Waals surface area contributed by atoms with Gasteiger partial charge in [-0.3, -0.25) is 34.1 Å². The Kier molecular flexibility index (Phi) is 20.9. The van der Waals surface area contributed by atoms with E-state index >= 15 is 0 Å². The molecule has 10 rings (SSSR count). The third-order valence-corrected chi connectivity index (χ3v) is 15.9. The first-order chi connectivity index (χ1) is 35.1. The molecule has 7 heterocycles. The number of esters is 1. The standard InChI is InChI=1S/C31H42N4O4.C21H31N8O2.CH4O.W/c36-28-9-8-27(29(37)32-28)35-30(38)25-7-6-24(18-26(25)31(35)39)23-12-16-34(17-13-23)20-22-10-14-33(15-11-22)19-21-4-2-1-3-5-21;1-3-31-20(30)18-13-23-21(26-16-12-24-28(2)14-16)27-19(18)25-15-4-6-17(7-5-15)29-10-8-22-9-11-29;1-2;/h6-7,18,21-23,27H,1-5,8-17,19-20H2,(H,32,36,37);12-15,17H,3-11H2,1-2H3,(H2,23,25,26,27);2H,1H3;/q;-1;;. The number of fused-ring (bicyclic) bond motifs is 1. The molecule has 1 atom stereocenters. The van der Waals surface area contributed by atoms with Gasteiger partial charge in [0.2, 0.25) is 17.8 Å². The van der Waals surface area contributed by atoms with Crippen LogP contribution in [0.4, 0.5) is 17.5 Å². The summed E-state index contributed by atoms with van der Waals surface area (Å²) >= 11 is 0. The number of aryl methyl sites for hydroxylation is 1. The van der Waals surface area contributed by atoms with Gasteiger partial charge in [-0.1, -0.05) is 25.3 Å². The van der Waals surface area contributed by atoms with Crippen molar-refractivity contribution in [3.63, 3.8) is 0 Å². The zero-order valence-electron chi connectivity index (χ0n) is 43.1. The number of imide groups is 2. The number of piperidine rings is 3. The Morgan fingerprint density at radius 3 is 2.11 bits per heavy atom. The fourth-order valence-electron chi connectivity index (χ4n) is 11.9. The maximum Gasteiger partial charge on any atom is 0.343 e. The van der Waals surface area contributed by atoms with Crippen molar-refractivity contribution in [3.05, 3.63) is 64.4 Å². The number of ether oxygens (including phenoxy) is 1. The van der Waals surface area contributed by atoms with Gasteiger partial charge in [0.25, 0.3) is 11.8 Å². The van der Waals surface area contributed by atoms with Crippen LogP contribution in [0.25, 0.3) is 5.32 Å². The summed E-state index contributed by atoms with van der Waals surface area (Å²) in [6, 6.07) is 5.60. The maximum atomic E-state index is 13.2. The average Bonchev–Trinajstić information content (AvgIpc) is 3.93. The van der Waals surface area contributed by atoms with Crippen LogP contribution in [-0.4, -0.2) is 171 Å². The van der Waals surface area contributed by atoms with Crippen molar-refractivity contribution < 1.29 is 54.9 Å². The van der Waals surface area contributed by atoms with Crippen LogP contribution in [0.15, 0.2) is 36.8 Å². The van der Waals surface area contributed by atoms with Gasteiger partial charge in [0.15, 0.2) is 0 Å². The summed E-state index contributed by atoms with van der Waals surface area (Å²) in [4.78, 5) is 80.4. The third-order valence-electron chi connectivity index (χ3n) is 15.9. The van der Waals surface area contributed by atoms with Gasteiger partial charge in [-0.25, -0.2) is 9.78 Å². The first kappa shape index (κ1) is 56.1. The van der Waals surface area contributed by atoms with Gasteiger partial charge in [0, 0.05) is 79.2 Å². The van der Waals surface area contributed by atoms with Gasteiger partial charge in [-0.2, -0.15) is 10.1 Å². The van der Waals surface area contributed by atoms with Crippen LogP contribution in [0.5, 0.6) is 0 Å². The number of aliphatic hydroxyl groups is 1. The van der Waals surface area contributed by atoms with Gasteiger partial charge in [-0.05, 0) is 152 Å². The number of likely N-dealkylation sites (tertiary alicyclic amines) is 2. The molecule has 2 aromatic heterocycles. The molecule has 0 spiro atoms. The quantitative estimate of drug-likeness (QED) is 0.119. The van der Waals surface area contributed by atoms with Gasteiger partial charge in [0.05, 0.1) is 29.6 Å². The van der Waals surface area contributed by atoms with E-state index in [4.69, 9.17) is 9.84 Å². The van der Waals surface area contributed by atoms with E-state index in [1.807, 2.05) is 25.4 Å². The van der Waals surface area contributed by atoms with E-state index in [0.717, 1.165) is 113 Å². The van der Waals surface area contributed by atoms with E-state index < -0.39 is 29.7 Å². The van der Waals surface area contributed by atoms with E-state index in [-0.39, 0.29) is 45.9 Å². The number of nitrogens with one attached hydrogen (secondary N) is 3. The van der Waals surface area contributed by atoms with Gasteiger partial charge < -0.3 is 40.5 Å². The van der Waals surface area contributed by atoms with Crippen LogP contribution in [0.2, 0.25) is 0 Å². The van der Waals surface area contributed by atoms with E-state index in [0.29, 0.717) is 47.0 Å². The molecule has 1 aromatic carbocycles. The van der Waals surface area contributed by atoms with E-state index in [1.165, 1.54) is 77.3 Å². The van der Waals surface area contributed by atoms with Gasteiger partial charge in [-0.15, -0.1) is 13.1 Å². The SMILES string of the molecule is CCOC(=O)c1cnc(Nc2cnn(C)c2)nc1NC1CCC(N2CC[N-]CC2)CC1.CO.O=C1CCC(N2C(=O)c3ccc(C4CCN(CC5CCN(CC6CCCCC6)CC5)CC4)cc3C2=O)C(=O)N1.[W]. The van der Waals surface area contributed by atoms with Crippen LogP contribution in [0.1, 0.15) is 146 Å². The Morgan fingerprint density at radius 2 is 1.47 bits per heavy atom. The molecule has 6 fully saturated rings. The van der Waals surface area contributed by atoms with Crippen LogP contribution in [0.3, 0.4) is 0 Å². The fraction of sp³-hybridized carbons (Fsp3) is 0.660. The summed E-state index contributed by atoms with van der Waals surface area (Å²) in [6.07, 6.45) is 21.6. The summed E-state index contributed by atoms with van der Waals surface area (Å²) in [5.41, 5.74) is 3.01. The Hall–Kier alpha value is -4.65. The number of hydrogen-bond acceptors (Lipinski definition) is 15. The second kappa shape index (κ2) is 27.2. The van der Waals surface area contributed by atoms with Gasteiger partial charge in [0.1, 0.15) is 17.4 Å². The topological polar surface area (TPSA) is 222 Å². The number of carbonyl (C=O) groups is 5. The second-order valence-corrected chi connectivity index (χ2v) is 20.6. The minimum Gasteiger partial charge on any atom is -0.660 e. The molecule has 2 aliphatic carbocycles. The zero-order valence-corrected chi connectivity index (χ0v) is 46.1. The molecular weight excluding hydrogens is 1100 g/mol. The molecule has 73 heavy (non-hydrogen) atoms. The molecule has 5 aliphatic heterocycles. The maximum absolute atomic E-state index is 13.2. The number of carbonyl (C=O) groups excluding carboxylic acids is 5. The molecule has 2 saturated carbocycles. The average molecular weight is 1180 g/mol. The molecule has 4 N–H and O–H groups in total. The minimum atomic E-state index is -0.916. The Morgan fingerprint density at radius 1 is 0.808 bits per heavy atom. The number of benzene rings is 1. The van der Waals surface area contributed by atoms with E-state index in [9.17, 15) is 24.0 Å². The molecule has 3 aromatic rings. The Labute approximate surface area is 445 Å². The van der Waals surface area contributed by atoms with Crippen molar-refractivity contribution in [1.29, 1.82) is 0 Å². The first-order valence-corrected chi connectivity index (χ1v) is 26.8. The largest absolute Gasteiger partial charge is 0.660 e. The predicted octanol–water partition coefficient (Wildman–Crippen LogP) is 5.71. The molecule has 0 radical (unpaired) electrons. The van der Waals surface area contributed by atoms with Crippen molar-refractivity contribution in [2.75, 3.05) is 89.8 Å². The van der Waals surface area contributed by atoms with Gasteiger partial charge >= 0.3 is 5.97 Å². The summed E-state index contributed by atoms with van der Waals surface area (Å²) < 4.78 is 6.91. The van der Waals surface area contributed by atoms with Crippen LogP contribution < -0.4 is 16.0 Å². The number of anilines is 3. The first-order valence-electron chi connectivity index (χ1n) is 26.8. The van der Waals surface area contributed by atoms with E-state index in [1.54, 1.807) is 23.9 Å². The predicted molar refractivity (Wildman–Crippen MR) is 274 cm³/mol. The van der Waals surface area contributed by atoms with Crippen LogP contribution in [0, 0.1) is 11.8 Å². The Balaban J connectivity index is 0.000000209. The second-order valence-electron chi connectivity index (χ2n) is 20.6. The van der Waals surface area contributed by atoms with Crippen molar-refractivity contribution >= 4 is 47.1 Å². The van der Waals surface area contributed by atoms with Crippen LogP contribution >= 0.6 is 0 Å². The molecule has 4 amide bonds. The van der Waals surface area contributed by atoms with Crippen molar-refractivity contribution in [1.82, 2.24) is 44.7 Å². The summed E-state index contributed by atoms with van der Waals surface area (Å²) in [6.45, 7) is 13.3. The molecule has 398 valence electrons. The Bertz CT molecular complexity index is 2320. The number of hydrogen-bond donors (Lipinski definition) is 4. The van der Waals surface area contributed by atoms with E-state index in [2.05, 4.69) is 51.0 Å². The number of nitrogens with zero attached hydrogens (tertiary/aromatic N) is 9. The number of aliphatic hydroxyl groups excluding tert-OH is 1.